The number of benzene rings is 5. The Morgan fingerprint density at radius 1 is 0.483 bits per heavy atom. The van der Waals surface area contributed by atoms with E-state index >= 15 is 0 Å². The van der Waals surface area contributed by atoms with Crippen LogP contribution in [0, 0.1) is 0 Å². The smallest absolute Gasteiger partial charge is 0.0412 e. The third kappa shape index (κ3) is 3.36. The molecular formula is C28H25Cl. The van der Waals surface area contributed by atoms with Gasteiger partial charge in [0.2, 0.25) is 0 Å². The Morgan fingerprint density at radius 3 is 1.31 bits per heavy atom. The molecule has 5 aromatic rings. The van der Waals surface area contributed by atoms with Gasteiger partial charge in [-0.05, 0) is 116 Å². The average molecular weight is 397 g/mol. The Balaban J connectivity index is 1.76. The van der Waals surface area contributed by atoms with Crippen LogP contribution in [0.4, 0.5) is 0 Å². The van der Waals surface area contributed by atoms with Crippen LogP contribution in [0.15, 0.2) is 66.7 Å². The minimum absolute atomic E-state index is 0.787. The van der Waals surface area contributed by atoms with Crippen LogP contribution in [0.1, 0.15) is 37.8 Å². The highest BCUT2D eigenvalue weighted by Gasteiger charge is 2.08. The van der Waals surface area contributed by atoms with Crippen molar-refractivity contribution in [1.29, 1.82) is 0 Å². The first-order chi connectivity index (χ1) is 14.1. The summed E-state index contributed by atoms with van der Waals surface area (Å²) in [5.74, 6) is 0. The minimum atomic E-state index is 0.787. The first-order valence-corrected chi connectivity index (χ1v) is 11.0. The van der Waals surface area contributed by atoms with Gasteiger partial charge >= 0.3 is 0 Å². The van der Waals surface area contributed by atoms with Crippen molar-refractivity contribution in [2.45, 2.75) is 39.5 Å². The van der Waals surface area contributed by atoms with Crippen molar-refractivity contribution in [2.24, 2.45) is 0 Å². The van der Waals surface area contributed by atoms with E-state index in [4.69, 9.17) is 11.6 Å². The molecule has 0 N–H and O–H groups in total. The lowest BCUT2D eigenvalue weighted by atomic mass is 9.92. The molecule has 0 saturated heterocycles. The highest BCUT2D eigenvalue weighted by molar-refractivity contribution is 6.31. The summed E-state index contributed by atoms with van der Waals surface area (Å²) in [5, 5.41) is 11.1. The molecule has 0 heterocycles. The summed E-state index contributed by atoms with van der Waals surface area (Å²) < 4.78 is 0. The fraction of sp³-hybridized carbons (Fsp3) is 0.214. The molecule has 0 spiro atoms. The molecule has 5 aromatic carbocycles. The van der Waals surface area contributed by atoms with Gasteiger partial charge in [0.1, 0.15) is 0 Å². The van der Waals surface area contributed by atoms with Gasteiger partial charge < -0.3 is 0 Å². The molecule has 0 aliphatic carbocycles. The zero-order chi connectivity index (χ0) is 20.0. The van der Waals surface area contributed by atoms with Crippen LogP contribution in [-0.4, -0.2) is 0 Å². The van der Waals surface area contributed by atoms with Crippen LogP contribution in [0.5, 0.6) is 0 Å². The molecule has 0 bridgehead atoms. The molecule has 1 heteroatoms. The molecule has 29 heavy (non-hydrogen) atoms. The monoisotopic (exact) mass is 396 g/mol. The summed E-state index contributed by atoms with van der Waals surface area (Å²) in [7, 11) is 0. The summed E-state index contributed by atoms with van der Waals surface area (Å²) in [5.41, 5.74) is 3.03. The summed E-state index contributed by atoms with van der Waals surface area (Å²) in [6, 6.07) is 24.9. The number of aryl methyl sites for hydroxylation is 2. The number of hydrogen-bond donors (Lipinski definition) is 0. The Hall–Kier alpha value is -2.57. The second-order valence-corrected chi connectivity index (χ2v) is 8.65. The Kier molecular flexibility index (Phi) is 4.68. The van der Waals surface area contributed by atoms with Crippen molar-refractivity contribution in [3.8, 4) is 0 Å². The average Bonchev–Trinajstić information content (AvgIpc) is 2.70. The van der Waals surface area contributed by atoms with E-state index in [0.717, 1.165) is 17.9 Å². The number of fused-ring (bicyclic) bond motifs is 4. The molecule has 0 aliphatic rings. The second-order valence-electron chi connectivity index (χ2n) is 8.21. The van der Waals surface area contributed by atoms with Gasteiger partial charge in [-0.3, -0.25) is 0 Å². The SMILES string of the molecule is CCCc1cc2cc3cc4cc5ccc(Cl)cc5cc4cc3cc2cc1CCC. The van der Waals surface area contributed by atoms with E-state index in [-0.39, 0.29) is 0 Å². The van der Waals surface area contributed by atoms with Crippen molar-refractivity contribution >= 4 is 54.7 Å². The number of rotatable bonds is 4. The van der Waals surface area contributed by atoms with Crippen LogP contribution < -0.4 is 0 Å². The van der Waals surface area contributed by atoms with Gasteiger partial charge in [-0.25, -0.2) is 0 Å². The lowest BCUT2D eigenvalue weighted by molar-refractivity contribution is 0.864. The van der Waals surface area contributed by atoms with Gasteiger partial charge in [0.25, 0.3) is 0 Å². The summed E-state index contributed by atoms with van der Waals surface area (Å²) in [6.45, 7) is 4.53. The highest BCUT2D eigenvalue weighted by Crippen LogP contribution is 2.32. The number of hydrogen-bond acceptors (Lipinski definition) is 0. The highest BCUT2D eigenvalue weighted by atomic mass is 35.5. The van der Waals surface area contributed by atoms with E-state index < -0.39 is 0 Å². The van der Waals surface area contributed by atoms with Gasteiger partial charge in [0.15, 0.2) is 0 Å². The maximum Gasteiger partial charge on any atom is 0.0412 e. The van der Waals surface area contributed by atoms with Crippen molar-refractivity contribution in [1.82, 2.24) is 0 Å². The summed E-state index contributed by atoms with van der Waals surface area (Å²) in [4.78, 5) is 0. The predicted molar refractivity (Wildman–Crippen MR) is 129 cm³/mol. The van der Waals surface area contributed by atoms with Gasteiger partial charge in [-0.1, -0.05) is 56.5 Å². The van der Waals surface area contributed by atoms with E-state index in [9.17, 15) is 0 Å². The zero-order valence-electron chi connectivity index (χ0n) is 17.1. The van der Waals surface area contributed by atoms with E-state index in [1.54, 1.807) is 0 Å². The summed E-state index contributed by atoms with van der Waals surface area (Å²) >= 11 is 6.21. The van der Waals surface area contributed by atoms with Gasteiger partial charge in [-0.2, -0.15) is 0 Å². The first kappa shape index (κ1) is 18.5. The van der Waals surface area contributed by atoms with Crippen LogP contribution in [0.2, 0.25) is 5.02 Å². The molecule has 0 aromatic heterocycles. The van der Waals surface area contributed by atoms with Gasteiger partial charge in [0.05, 0.1) is 0 Å². The van der Waals surface area contributed by atoms with E-state index in [0.29, 0.717) is 0 Å². The molecule has 0 unspecified atom stereocenters. The predicted octanol–water partition coefficient (Wildman–Crippen LogP) is 8.86. The lowest BCUT2D eigenvalue weighted by Gasteiger charge is -2.12. The van der Waals surface area contributed by atoms with Crippen molar-refractivity contribution in [3.63, 3.8) is 0 Å². The Labute approximate surface area is 177 Å². The maximum absolute atomic E-state index is 6.21. The third-order valence-corrected chi connectivity index (χ3v) is 6.26. The molecule has 5 rings (SSSR count). The topological polar surface area (TPSA) is 0 Å². The third-order valence-electron chi connectivity index (χ3n) is 6.03. The van der Waals surface area contributed by atoms with Gasteiger partial charge in [0, 0.05) is 5.02 Å². The van der Waals surface area contributed by atoms with Crippen LogP contribution in [0.3, 0.4) is 0 Å². The van der Waals surface area contributed by atoms with Crippen LogP contribution in [-0.2, 0) is 12.8 Å². The molecular weight excluding hydrogens is 372 g/mol. The molecule has 0 nitrogen and oxygen atoms in total. The van der Waals surface area contributed by atoms with E-state index in [1.807, 2.05) is 12.1 Å². The lowest BCUT2D eigenvalue weighted by Crippen LogP contribution is -1.94. The molecule has 0 radical (unpaired) electrons. The molecule has 0 atom stereocenters. The van der Waals surface area contributed by atoms with Crippen LogP contribution in [0.25, 0.3) is 43.1 Å². The minimum Gasteiger partial charge on any atom is -0.0843 e. The first-order valence-electron chi connectivity index (χ1n) is 10.7. The maximum atomic E-state index is 6.21. The summed E-state index contributed by atoms with van der Waals surface area (Å²) in [6.07, 6.45) is 4.71. The Bertz CT molecular complexity index is 1380. The molecule has 0 amide bonds. The van der Waals surface area contributed by atoms with Crippen molar-refractivity contribution in [3.05, 3.63) is 82.9 Å². The van der Waals surface area contributed by atoms with Gasteiger partial charge in [-0.15, -0.1) is 0 Å². The zero-order valence-corrected chi connectivity index (χ0v) is 17.8. The quantitative estimate of drug-likeness (QED) is 0.266. The molecule has 0 aliphatic heterocycles. The standard InChI is InChI=1S/C28H25Cl/c1-3-5-18-9-21-12-24-14-23-11-20-7-8-28(29)17-27(20)16-26(23)15-25(24)13-22(21)10-19(18)6-4-2/h7-17H,3-6H2,1-2H3. The molecule has 144 valence electrons. The van der Waals surface area contributed by atoms with Crippen molar-refractivity contribution in [2.75, 3.05) is 0 Å². The second kappa shape index (κ2) is 7.35. The van der Waals surface area contributed by atoms with Crippen molar-refractivity contribution < 1.29 is 0 Å². The largest absolute Gasteiger partial charge is 0.0843 e. The normalized spacial score (nSPS) is 11.8. The van der Waals surface area contributed by atoms with E-state index in [1.165, 1.54) is 67.1 Å². The van der Waals surface area contributed by atoms with Crippen LogP contribution >= 0.6 is 11.6 Å². The fourth-order valence-electron chi connectivity index (χ4n) is 4.62. The molecule has 0 fully saturated rings. The molecule has 0 saturated carbocycles. The van der Waals surface area contributed by atoms with E-state index in [2.05, 4.69) is 68.4 Å². The Morgan fingerprint density at radius 2 is 0.862 bits per heavy atom. The number of halogens is 1. The fourth-order valence-corrected chi connectivity index (χ4v) is 4.80.